The number of rotatable bonds is 4. The smallest absolute Gasteiger partial charge is 0.437 e. The molecule has 4 amide bonds. The molecule has 5 unspecified atom stereocenters. The van der Waals surface area contributed by atoms with Crippen LogP contribution in [0, 0.1) is 5.92 Å². The van der Waals surface area contributed by atoms with Crippen LogP contribution >= 0.6 is 11.6 Å². The summed E-state index contributed by atoms with van der Waals surface area (Å²) in [6, 6.07) is 1.78. The van der Waals surface area contributed by atoms with Crippen LogP contribution in [0.15, 0.2) is 30.4 Å². The van der Waals surface area contributed by atoms with Gasteiger partial charge in [-0.2, -0.15) is 13.2 Å². The van der Waals surface area contributed by atoms with Gasteiger partial charge in [0.2, 0.25) is 21.8 Å². The second-order valence-electron chi connectivity index (χ2n) is 17.7. The molecule has 2 aliphatic carbocycles. The fraction of sp³-hybridized carbons (Fsp3) is 0.625. The Morgan fingerprint density at radius 2 is 1.81 bits per heavy atom. The minimum atomic E-state index is -4.93. The van der Waals surface area contributed by atoms with Gasteiger partial charge in [-0.3, -0.25) is 19.1 Å². The van der Waals surface area contributed by atoms with Crippen LogP contribution in [0.2, 0.25) is 5.02 Å². The maximum Gasteiger partial charge on any atom is 0.437 e. The van der Waals surface area contributed by atoms with E-state index in [0.717, 1.165) is 0 Å². The van der Waals surface area contributed by atoms with Crippen LogP contribution in [0.5, 0.6) is 5.75 Å². The number of sulfonamides is 1. The first kappa shape index (κ1) is 42.0. The minimum absolute atomic E-state index is 0.0591. The molecule has 1 aromatic carbocycles. The van der Waals surface area contributed by atoms with Crippen molar-refractivity contribution in [3.8, 4) is 5.75 Å². The number of carbonyl (C=O) groups excluding carboxylic acids is 4. The van der Waals surface area contributed by atoms with Crippen molar-refractivity contribution in [3.63, 3.8) is 0 Å². The molecule has 2 aromatic rings. The van der Waals surface area contributed by atoms with E-state index in [4.69, 9.17) is 21.1 Å². The van der Waals surface area contributed by atoms with Crippen LogP contribution in [-0.2, 0) is 41.7 Å². The first-order valence-electron chi connectivity index (χ1n) is 19.8. The van der Waals surface area contributed by atoms with Gasteiger partial charge in [0, 0.05) is 28.3 Å². The number of carbonyl (C=O) groups is 4. The molecule has 316 valence electrons. The van der Waals surface area contributed by atoms with Gasteiger partial charge in [0.15, 0.2) is 11.4 Å². The zero-order valence-electron chi connectivity index (χ0n) is 32.9. The van der Waals surface area contributed by atoms with Crippen LogP contribution in [-0.4, -0.2) is 82.2 Å². The number of allylic oxidation sites excluding steroid dienone is 1. The summed E-state index contributed by atoms with van der Waals surface area (Å²) in [5.41, 5.74) is -5.08. The van der Waals surface area contributed by atoms with Gasteiger partial charge in [0.05, 0.1) is 16.8 Å². The van der Waals surface area contributed by atoms with Crippen molar-refractivity contribution >= 4 is 56.3 Å². The number of hydrogen-bond acceptors (Lipinski definition) is 9. The fourth-order valence-electron chi connectivity index (χ4n) is 8.52. The molecule has 0 radical (unpaired) electrons. The van der Waals surface area contributed by atoms with Crippen molar-refractivity contribution in [3.05, 3.63) is 46.6 Å². The second-order valence-corrected chi connectivity index (χ2v) is 20.3. The zero-order chi connectivity index (χ0) is 42.1. The molecule has 2 saturated carbocycles. The summed E-state index contributed by atoms with van der Waals surface area (Å²) in [7, 11) is -4.11. The molecule has 1 aromatic heterocycles. The monoisotopic (exact) mass is 851 g/mol. The minimum Gasteiger partial charge on any atom is -0.483 e. The number of nitrogens with zero attached hydrogens (tertiary/aromatic N) is 2. The molecule has 5 aliphatic rings. The molecule has 3 aliphatic heterocycles. The van der Waals surface area contributed by atoms with Gasteiger partial charge in [-0.15, -0.1) is 0 Å². The van der Waals surface area contributed by atoms with Gasteiger partial charge in [0.25, 0.3) is 5.91 Å². The van der Waals surface area contributed by atoms with E-state index in [-0.39, 0.29) is 54.8 Å². The molecular formula is C40H49ClF3N5O8S. The number of alkyl carbamates (subject to hydrolysis) is 1. The van der Waals surface area contributed by atoms with Gasteiger partial charge >= 0.3 is 12.3 Å². The Morgan fingerprint density at radius 3 is 2.47 bits per heavy atom. The third-order valence-electron chi connectivity index (χ3n) is 12.2. The summed E-state index contributed by atoms with van der Waals surface area (Å²) < 4.78 is 83.6. The lowest BCUT2D eigenvalue weighted by molar-refractivity contribution is -0.145. The number of pyridine rings is 1. The van der Waals surface area contributed by atoms with Crippen molar-refractivity contribution in [2.75, 3.05) is 6.54 Å². The summed E-state index contributed by atoms with van der Waals surface area (Å²) >= 11 is 6.26. The maximum atomic E-state index is 14.7. The van der Waals surface area contributed by atoms with Gasteiger partial charge < -0.3 is 25.0 Å². The number of hydrogen-bond donors (Lipinski definition) is 3. The summed E-state index contributed by atoms with van der Waals surface area (Å²) in [5, 5.41) is 6.17. The van der Waals surface area contributed by atoms with E-state index < -0.39 is 90.9 Å². The lowest BCUT2D eigenvalue weighted by atomic mass is 9.65. The molecule has 18 heteroatoms. The van der Waals surface area contributed by atoms with Crippen LogP contribution in [0.4, 0.5) is 18.0 Å². The SMILES string of the molecule is CC(C)(C)OC(=O)NC1CCCCCC=CC2CCC2(C(=O)NS(=O)(=O)C2(C)CC2)NC(=O)C2CC3(CCc4c(c(C(F)(F)F)nc5ccc(Cl)cc45)O3)CN2C1=O. The second kappa shape index (κ2) is 14.9. The van der Waals surface area contributed by atoms with Gasteiger partial charge in [-0.05, 0) is 104 Å². The first-order chi connectivity index (χ1) is 27.1. The Hall–Kier alpha value is -4.12. The van der Waals surface area contributed by atoms with E-state index in [2.05, 4.69) is 20.3 Å². The van der Waals surface area contributed by atoms with Crippen LogP contribution in [0.25, 0.3) is 10.9 Å². The van der Waals surface area contributed by atoms with E-state index in [1.807, 2.05) is 12.2 Å². The third kappa shape index (κ3) is 8.09. The van der Waals surface area contributed by atoms with E-state index in [1.165, 1.54) is 30.0 Å². The highest BCUT2D eigenvalue weighted by Gasteiger charge is 2.60. The molecule has 13 nitrogen and oxygen atoms in total. The number of aromatic nitrogens is 1. The molecule has 3 N–H and O–H groups in total. The number of alkyl halides is 3. The van der Waals surface area contributed by atoms with Crippen molar-refractivity contribution in [1.29, 1.82) is 0 Å². The van der Waals surface area contributed by atoms with Gasteiger partial charge in [0.1, 0.15) is 28.8 Å². The largest absolute Gasteiger partial charge is 0.483 e. The molecule has 4 heterocycles. The molecule has 5 atom stereocenters. The summed E-state index contributed by atoms with van der Waals surface area (Å²) in [6.07, 6.45) is 1.73. The standard InChI is InChI=1S/C40H49ClF3N5O8S/c1-36(2,3)57-35(53)46-28-11-9-7-5-6-8-10-23-14-17-39(23,34(52)48-58(54,55)37(4)18-19-37)47-32(50)29-21-38(22-49(29)33(28)51)16-15-25-26-20-24(41)12-13-27(26)45-31(30(25)56-38)40(42,43)44/h8,10,12-13,20,23,28-29H,5-7,9,11,14-19,21-22H2,1-4H3,(H,46,53)(H,47,50)(H,48,52). The van der Waals surface area contributed by atoms with Crippen molar-refractivity contribution in [2.24, 2.45) is 5.92 Å². The number of halogens is 4. The van der Waals surface area contributed by atoms with Crippen LogP contribution < -0.4 is 20.1 Å². The van der Waals surface area contributed by atoms with Crippen molar-refractivity contribution in [2.45, 2.75) is 144 Å². The number of ether oxygens (including phenoxy) is 2. The highest BCUT2D eigenvalue weighted by atomic mass is 35.5. The van der Waals surface area contributed by atoms with Crippen molar-refractivity contribution in [1.82, 2.24) is 25.2 Å². The predicted octanol–water partition coefficient (Wildman–Crippen LogP) is 6.25. The number of aryl methyl sites for hydroxylation is 1. The quantitative estimate of drug-likeness (QED) is 0.301. The molecule has 1 saturated heterocycles. The Morgan fingerprint density at radius 1 is 1.07 bits per heavy atom. The Balaban J connectivity index is 1.28. The lowest BCUT2D eigenvalue weighted by Gasteiger charge is -2.48. The van der Waals surface area contributed by atoms with E-state index >= 15 is 0 Å². The molecule has 0 bridgehead atoms. The first-order valence-corrected chi connectivity index (χ1v) is 21.7. The molecule has 58 heavy (non-hydrogen) atoms. The average molecular weight is 852 g/mol. The average Bonchev–Trinajstić information content (AvgIpc) is 3.78. The van der Waals surface area contributed by atoms with Crippen LogP contribution in [0.3, 0.4) is 0 Å². The topological polar surface area (TPSA) is 173 Å². The molecular weight excluding hydrogens is 803 g/mol. The maximum absolute atomic E-state index is 14.7. The number of nitrogens with one attached hydrogen (secondary N) is 3. The Bertz CT molecular complexity index is 2170. The number of fused-ring (bicyclic) bond motifs is 5. The van der Waals surface area contributed by atoms with E-state index in [0.29, 0.717) is 50.3 Å². The third-order valence-corrected chi connectivity index (χ3v) is 14.6. The Labute approximate surface area is 340 Å². The fourth-order valence-corrected chi connectivity index (χ4v) is 10.0. The highest BCUT2D eigenvalue weighted by molar-refractivity contribution is 7.91. The van der Waals surface area contributed by atoms with Crippen LogP contribution in [0.1, 0.15) is 110 Å². The summed E-state index contributed by atoms with van der Waals surface area (Å²) in [4.78, 5) is 61.8. The van der Waals surface area contributed by atoms with Gasteiger partial charge in [-0.1, -0.05) is 36.6 Å². The van der Waals surface area contributed by atoms with Crippen molar-refractivity contribution < 1.29 is 50.2 Å². The summed E-state index contributed by atoms with van der Waals surface area (Å²) in [5.74, 6) is -3.50. The molecule has 1 spiro atoms. The molecule has 3 fully saturated rings. The Kier molecular flexibility index (Phi) is 10.8. The number of amides is 4. The normalized spacial score (nSPS) is 28.8. The zero-order valence-corrected chi connectivity index (χ0v) is 34.5. The number of benzene rings is 1. The predicted molar refractivity (Wildman–Crippen MR) is 207 cm³/mol. The lowest BCUT2D eigenvalue weighted by Crippen LogP contribution is -2.70. The summed E-state index contributed by atoms with van der Waals surface area (Å²) in [6.45, 7) is 6.20. The van der Waals surface area contributed by atoms with E-state index in [9.17, 15) is 40.8 Å². The molecule has 7 rings (SSSR count). The van der Waals surface area contributed by atoms with Gasteiger partial charge in [-0.25, -0.2) is 18.2 Å². The van der Waals surface area contributed by atoms with E-state index in [1.54, 1.807) is 20.8 Å². The highest BCUT2D eigenvalue weighted by Crippen LogP contribution is 2.49.